The summed E-state index contributed by atoms with van der Waals surface area (Å²) in [4.78, 5) is 6.07. The summed E-state index contributed by atoms with van der Waals surface area (Å²) in [6.07, 6.45) is 28.4. The lowest BCUT2D eigenvalue weighted by Crippen LogP contribution is -1.85. The second-order valence-corrected chi connectivity index (χ2v) is 14.4. The van der Waals surface area contributed by atoms with E-state index >= 15 is 0 Å². The molecule has 36 heavy (non-hydrogen) atoms. The van der Waals surface area contributed by atoms with Gasteiger partial charge in [-0.05, 0) is 47.2 Å². The summed E-state index contributed by atoms with van der Waals surface area (Å²) in [5, 5.41) is 4.60. The van der Waals surface area contributed by atoms with E-state index in [1.807, 2.05) is 22.7 Å². The Balaban J connectivity index is 1.56. The summed E-state index contributed by atoms with van der Waals surface area (Å²) in [7, 11) is 0. The van der Waals surface area contributed by atoms with Crippen LogP contribution in [0.4, 0.5) is 0 Å². The van der Waals surface area contributed by atoms with E-state index in [2.05, 4.69) is 60.3 Å². The molecule has 0 nitrogen and oxygen atoms in total. The molecular weight excluding hydrogens is 513 g/mol. The Bertz CT molecular complexity index is 670. The SMILES string of the molecule is CCCCCCCCCCCCSc1ccsc1-c1sccc1SCCCCCCCCCCCC. The molecule has 0 aliphatic rings. The topological polar surface area (TPSA) is 0 Å². The second-order valence-electron chi connectivity index (χ2n) is 10.3. The van der Waals surface area contributed by atoms with Gasteiger partial charge in [0.15, 0.2) is 0 Å². The first-order valence-corrected chi connectivity index (χ1v) is 19.0. The molecule has 0 bridgehead atoms. The minimum atomic E-state index is 1.27. The van der Waals surface area contributed by atoms with Crippen molar-refractivity contribution in [1.82, 2.24) is 0 Å². The highest BCUT2D eigenvalue weighted by atomic mass is 32.2. The van der Waals surface area contributed by atoms with Gasteiger partial charge in [0.1, 0.15) is 0 Å². The molecule has 0 amide bonds. The van der Waals surface area contributed by atoms with Crippen LogP contribution in [0.1, 0.15) is 142 Å². The van der Waals surface area contributed by atoms with Crippen LogP contribution in [-0.4, -0.2) is 11.5 Å². The Morgan fingerprint density at radius 3 is 1.08 bits per heavy atom. The molecule has 4 heteroatoms. The lowest BCUT2D eigenvalue weighted by atomic mass is 10.1. The molecule has 0 aliphatic carbocycles. The molecule has 0 saturated carbocycles. The molecule has 0 atom stereocenters. The lowest BCUT2D eigenvalue weighted by Gasteiger charge is -2.06. The van der Waals surface area contributed by atoms with Crippen LogP contribution in [0.15, 0.2) is 32.7 Å². The maximum Gasteiger partial charge on any atom is 0.0589 e. The quantitative estimate of drug-likeness (QED) is 0.0865. The fourth-order valence-corrected chi connectivity index (χ4v) is 9.34. The van der Waals surface area contributed by atoms with E-state index in [4.69, 9.17) is 0 Å². The largest absolute Gasteiger partial charge is 0.142 e. The average molecular weight is 567 g/mol. The molecule has 2 aromatic rings. The maximum atomic E-state index is 2.36. The summed E-state index contributed by atoms with van der Waals surface area (Å²) in [5.41, 5.74) is 0. The minimum Gasteiger partial charge on any atom is -0.142 e. The zero-order valence-corrected chi connectivity index (χ0v) is 26.8. The van der Waals surface area contributed by atoms with Gasteiger partial charge in [-0.25, -0.2) is 0 Å². The summed E-state index contributed by atoms with van der Waals surface area (Å²) in [6.45, 7) is 4.60. The van der Waals surface area contributed by atoms with E-state index in [0.29, 0.717) is 0 Å². The fraction of sp³-hybridized carbons (Fsp3) is 0.750. The predicted molar refractivity (Wildman–Crippen MR) is 173 cm³/mol. The van der Waals surface area contributed by atoms with Crippen molar-refractivity contribution in [1.29, 1.82) is 0 Å². The van der Waals surface area contributed by atoms with Gasteiger partial charge in [-0.15, -0.1) is 46.2 Å². The molecule has 0 aromatic carbocycles. The van der Waals surface area contributed by atoms with Crippen molar-refractivity contribution >= 4 is 46.2 Å². The molecule has 206 valence electrons. The number of hydrogen-bond acceptors (Lipinski definition) is 4. The normalized spacial score (nSPS) is 11.5. The van der Waals surface area contributed by atoms with Gasteiger partial charge in [0.05, 0.1) is 9.75 Å². The second kappa shape index (κ2) is 23.0. The Labute approximate surface area is 241 Å². The molecule has 0 unspecified atom stereocenters. The van der Waals surface area contributed by atoms with E-state index in [1.165, 1.54) is 159 Å². The van der Waals surface area contributed by atoms with E-state index in [-0.39, 0.29) is 0 Å². The van der Waals surface area contributed by atoms with Crippen LogP contribution in [0.5, 0.6) is 0 Å². The van der Waals surface area contributed by atoms with Gasteiger partial charge in [0.25, 0.3) is 0 Å². The van der Waals surface area contributed by atoms with Gasteiger partial charge in [0.2, 0.25) is 0 Å². The van der Waals surface area contributed by atoms with E-state index < -0.39 is 0 Å². The van der Waals surface area contributed by atoms with Crippen LogP contribution >= 0.6 is 46.2 Å². The molecule has 2 aromatic heterocycles. The third-order valence-electron chi connectivity index (χ3n) is 6.98. The highest BCUT2D eigenvalue weighted by molar-refractivity contribution is 8.00. The first-order chi connectivity index (χ1) is 17.9. The van der Waals surface area contributed by atoms with Gasteiger partial charge >= 0.3 is 0 Å². The average Bonchev–Trinajstić information content (AvgIpc) is 3.55. The maximum absolute atomic E-state index is 2.36. The number of unbranched alkanes of at least 4 members (excludes halogenated alkanes) is 18. The summed E-state index contributed by atoms with van der Waals surface area (Å²) in [6, 6.07) is 4.72. The predicted octanol–water partition coefficient (Wildman–Crippen LogP) is 13.5. The first kappa shape index (κ1) is 32.3. The Morgan fingerprint density at radius 2 is 0.750 bits per heavy atom. The summed E-state index contributed by atoms with van der Waals surface area (Å²) >= 11 is 8.06. The molecule has 0 N–H and O–H groups in total. The molecule has 2 rings (SSSR count). The highest BCUT2D eigenvalue weighted by Gasteiger charge is 2.13. The Kier molecular flexibility index (Phi) is 20.7. The molecule has 0 spiro atoms. The monoisotopic (exact) mass is 566 g/mol. The van der Waals surface area contributed by atoms with E-state index in [9.17, 15) is 0 Å². The lowest BCUT2D eigenvalue weighted by molar-refractivity contribution is 0.563. The van der Waals surface area contributed by atoms with Gasteiger partial charge in [-0.2, -0.15) is 0 Å². The van der Waals surface area contributed by atoms with Crippen LogP contribution in [0.2, 0.25) is 0 Å². The number of rotatable bonds is 25. The van der Waals surface area contributed by atoms with Gasteiger partial charge in [-0.3, -0.25) is 0 Å². The molecule has 0 radical (unpaired) electrons. The minimum absolute atomic E-state index is 1.27. The van der Waals surface area contributed by atoms with Crippen molar-refractivity contribution in [2.75, 3.05) is 11.5 Å². The van der Waals surface area contributed by atoms with Crippen molar-refractivity contribution in [2.24, 2.45) is 0 Å². The van der Waals surface area contributed by atoms with Gasteiger partial charge < -0.3 is 0 Å². The third kappa shape index (κ3) is 14.9. The van der Waals surface area contributed by atoms with E-state index in [0.717, 1.165) is 0 Å². The molecule has 2 heterocycles. The van der Waals surface area contributed by atoms with Crippen LogP contribution in [0.25, 0.3) is 9.75 Å². The van der Waals surface area contributed by atoms with Gasteiger partial charge in [-0.1, -0.05) is 129 Å². The molecule has 0 fully saturated rings. The number of thiophene rings is 2. The standard InChI is InChI=1S/C32H54S4/c1-3-5-7-9-11-13-15-17-19-21-25-33-29-23-27-35-31(29)32-30(24-28-36-32)34-26-22-20-18-16-14-12-10-8-6-4-2/h23-24,27-28H,3-22,25-26H2,1-2H3. The van der Waals surface area contributed by atoms with Crippen molar-refractivity contribution in [3.8, 4) is 9.75 Å². The molecule has 0 aliphatic heterocycles. The molecular formula is C32H54S4. The van der Waals surface area contributed by atoms with Crippen LogP contribution in [0.3, 0.4) is 0 Å². The highest BCUT2D eigenvalue weighted by Crippen LogP contribution is 2.44. The number of thioether (sulfide) groups is 2. The third-order valence-corrected chi connectivity index (χ3v) is 11.5. The first-order valence-electron chi connectivity index (χ1n) is 15.3. The van der Waals surface area contributed by atoms with Crippen LogP contribution in [-0.2, 0) is 0 Å². The van der Waals surface area contributed by atoms with E-state index in [1.54, 1.807) is 0 Å². The van der Waals surface area contributed by atoms with Crippen molar-refractivity contribution < 1.29 is 0 Å². The summed E-state index contributed by atoms with van der Waals surface area (Å²) < 4.78 is 0. The zero-order chi connectivity index (χ0) is 25.5. The van der Waals surface area contributed by atoms with Crippen molar-refractivity contribution in [3.63, 3.8) is 0 Å². The fourth-order valence-electron chi connectivity index (χ4n) is 4.70. The summed E-state index contributed by atoms with van der Waals surface area (Å²) in [5.74, 6) is 2.54. The zero-order valence-electron chi connectivity index (χ0n) is 23.5. The number of hydrogen-bond donors (Lipinski definition) is 0. The smallest absolute Gasteiger partial charge is 0.0589 e. The van der Waals surface area contributed by atoms with Crippen LogP contribution in [0, 0.1) is 0 Å². The Hall–Kier alpha value is 0.1000. The molecule has 0 saturated heterocycles. The van der Waals surface area contributed by atoms with Gasteiger partial charge in [0, 0.05) is 9.79 Å². The van der Waals surface area contributed by atoms with Crippen molar-refractivity contribution in [2.45, 2.75) is 152 Å². The van der Waals surface area contributed by atoms with Crippen molar-refractivity contribution in [3.05, 3.63) is 22.9 Å². The Morgan fingerprint density at radius 1 is 0.444 bits per heavy atom. The van der Waals surface area contributed by atoms with Crippen LogP contribution < -0.4 is 0 Å².